The fraction of sp³-hybridized carbons (Fsp3) is 0.333. The van der Waals surface area contributed by atoms with E-state index in [1.807, 2.05) is 36.4 Å². The number of aliphatic hydroxyl groups is 1. The number of carboxylic acid groups (broad SMARTS) is 1. The molecule has 5 N–H and O–H groups in total. The number of carbonyl (C=O) groups is 1. The van der Waals surface area contributed by atoms with E-state index >= 15 is 0 Å². The molecule has 3 aliphatic rings. The Balaban J connectivity index is 1.03. The molecule has 3 atom stereocenters. The quantitative estimate of drug-likeness (QED) is 0.0823. The van der Waals surface area contributed by atoms with E-state index in [9.17, 15) is 38.1 Å². The highest BCUT2D eigenvalue weighted by Crippen LogP contribution is 2.39. The van der Waals surface area contributed by atoms with Crippen molar-refractivity contribution < 1.29 is 38.0 Å². The zero-order chi connectivity index (χ0) is 38.7. The number of piperidine rings is 3. The molecule has 2 unspecified atom stereocenters. The van der Waals surface area contributed by atoms with Gasteiger partial charge in [0.25, 0.3) is 0 Å². The molecule has 3 aliphatic heterocycles. The highest BCUT2D eigenvalue weighted by molar-refractivity contribution is 5.87. The van der Waals surface area contributed by atoms with Crippen LogP contribution in [0.15, 0.2) is 102 Å². The molecule has 1 aromatic heterocycles. The molecule has 4 heterocycles. The number of hydrogen-bond acceptors (Lipinski definition) is 7. The van der Waals surface area contributed by atoms with E-state index in [-0.39, 0.29) is 54.9 Å². The Labute approximate surface area is 315 Å². The van der Waals surface area contributed by atoms with Crippen LogP contribution in [0.5, 0.6) is 11.5 Å². The lowest BCUT2D eigenvalue weighted by Gasteiger charge is -2.50. The van der Waals surface area contributed by atoms with E-state index in [1.165, 1.54) is 30.3 Å². The Morgan fingerprint density at radius 3 is 2.44 bits per heavy atom. The highest BCUT2D eigenvalue weighted by atomic mass is 19.4. The van der Waals surface area contributed by atoms with E-state index < -0.39 is 35.5 Å². The average molecular weight is 757 g/mol. The number of ether oxygens (including phenoxy) is 1. The Morgan fingerprint density at radius 2 is 1.73 bits per heavy atom. The zero-order valence-electron chi connectivity index (χ0n) is 30.0. The number of aromatic hydroxyl groups is 1. The number of aromatic nitrogens is 1. The van der Waals surface area contributed by atoms with Gasteiger partial charge in [-0.05, 0) is 103 Å². The van der Waals surface area contributed by atoms with Gasteiger partial charge in [0.1, 0.15) is 18.1 Å². The SMILES string of the molecule is O=C(O)N(C1CN2CCC1CC2)[C@@H](c1ccccc1)c1cccc(OCc2ccc(CCNCC(O)c3ccc(O)c4[nH]c(=O)ccc34)c(C(F)(F)F)c2)c1. The Hall–Kier alpha value is -5.37. The predicted molar refractivity (Wildman–Crippen MR) is 201 cm³/mol. The summed E-state index contributed by atoms with van der Waals surface area (Å²) in [5.74, 6) is 0.531. The van der Waals surface area contributed by atoms with Crippen LogP contribution in [0.1, 0.15) is 58.4 Å². The summed E-state index contributed by atoms with van der Waals surface area (Å²) in [5.41, 5.74) is 1.39. The number of phenolic OH excluding ortho intramolecular Hbond substituents is 1. The number of H-pyrrole nitrogens is 1. The Kier molecular flexibility index (Phi) is 11.1. The van der Waals surface area contributed by atoms with Gasteiger partial charge in [-0.15, -0.1) is 0 Å². The minimum absolute atomic E-state index is 0.0282. The van der Waals surface area contributed by atoms with Crippen LogP contribution in [0, 0.1) is 5.92 Å². The molecule has 3 saturated heterocycles. The second-order valence-corrected chi connectivity index (χ2v) is 14.3. The normalized spacial score (nSPS) is 19.2. The van der Waals surface area contributed by atoms with Crippen molar-refractivity contribution in [1.82, 2.24) is 20.1 Å². The lowest BCUT2D eigenvalue weighted by molar-refractivity contribution is -0.138. The third kappa shape index (κ3) is 8.49. The molecule has 5 aromatic rings. The van der Waals surface area contributed by atoms with Crippen LogP contribution in [0.25, 0.3) is 10.9 Å². The van der Waals surface area contributed by atoms with Crippen LogP contribution >= 0.6 is 0 Å². The van der Waals surface area contributed by atoms with Crippen molar-refractivity contribution in [3.8, 4) is 11.5 Å². The van der Waals surface area contributed by atoms with E-state index in [1.54, 1.807) is 29.2 Å². The molecule has 1 amide bonds. The molecule has 2 bridgehead atoms. The number of nitrogens with one attached hydrogen (secondary N) is 2. The minimum Gasteiger partial charge on any atom is -0.506 e. The molecule has 0 spiro atoms. The lowest BCUT2D eigenvalue weighted by atomic mass is 9.81. The maximum atomic E-state index is 14.3. The summed E-state index contributed by atoms with van der Waals surface area (Å²) in [6, 6.07) is 25.6. The van der Waals surface area contributed by atoms with Crippen molar-refractivity contribution in [1.29, 1.82) is 0 Å². The maximum absolute atomic E-state index is 14.3. The van der Waals surface area contributed by atoms with Crippen LogP contribution in [0.2, 0.25) is 0 Å². The first-order valence-electron chi connectivity index (χ1n) is 18.4. The Bertz CT molecular complexity index is 2190. The van der Waals surface area contributed by atoms with Crippen molar-refractivity contribution >= 4 is 17.0 Å². The second-order valence-electron chi connectivity index (χ2n) is 14.3. The van der Waals surface area contributed by atoms with Crippen LogP contribution in [0.3, 0.4) is 0 Å². The van der Waals surface area contributed by atoms with Crippen LogP contribution in [-0.4, -0.2) is 75.0 Å². The molecule has 288 valence electrons. The number of alkyl halides is 3. The lowest BCUT2D eigenvalue weighted by Crippen LogP contribution is -2.59. The summed E-state index contributed by atoms with van der Waals surface area (Å²) in [6.45, 7) is 2.65. The molecule has 0 radical (unpaired) electrons. The van der Waals surface area contributed by atoms with Crippen molar-refractivity contribution in [2.24, 2.45) is 5.92 Å². The number of amides is 1. The van der Waals surface area contributed by atoms with Gasteiger partial charge in [0, 0.05) is 24.5 Å². The van der Waals surface area contributed by atoms with Crippen molar-refractivity contribution in [2.45, 2.75) is 50.2 Å². The van der Waals surface area contributed by atoms with E-state index in [0.29, 0.717) is 34.4 Å². The number of rotatable bonds is 13. The molecule has 0 aliphatic carbocycles. The number of pyridine rings is 1. The van der Waals surface area contributed by atoms with Gasteiger partial charge in [-0.25, -0.2) is 4.79 Å². The minimum atomic E-state index is -4.62. The molecule has 0 saturated carbocycles. The van der Waals surface area contributed by atoms with Gasteiger partial charge in [0.2, 0.25) is 5.56 Å². The standard InChI is InChI=1S/C42H43F3N4O6/c43-42(44,45)34-21-26(9-10-27(34)15-18-46-23-37(51)32-11-13-36(50)39-33(32)12-14-38(52)47-39)25-55-31-8-4-7-30(22-31)40(29-5-2-1-3-6-29)49(41(53)54)35-24-48-19-16-28(35)17-20-48/h1-14,21-22,28,35,37,40,46,50-51H,15-20,23-25H2,(H,47,52)(H,53,54)/t35?,37?,40-/m0/s1. The molecule has 13 heteroatoms. The number of fused-ring (bicyclic) bond motifs is 4. The summed E-state index contributed by atoms with van der Waals surface area (Å²) in [4.78, 5) is 31.1. The van der Waals surface area contributed by atoms with Gasteiger partial charge in [-0.3, -0.25) is 9.69 Å². The summed E-state index contributed by atoms with van der Waals surface area (Å²) in [5, 5.41) is 35.0. The summed E-state index contributed by atoms with van der Waals surface area (Å²) in [7, 11) is 0. The number of nitrogens with zero attached hydrogens (tertiary/aromatic N) is 2. The number of aromatic amines is 1. The maximum Gasteiger partial charge on any atom is 0.416 e. The third-order valence-electron chi connectivity index (χ3n) is 10.8. The van der Waals surface area contributed by atoms with Crippen LogP contribution in [0.4, 0.5) is 18.0 Å². The fourth-order valence-electron chi connectivity index (χ4n) is 8.10. The second kappa shape index (κ2) is 16.2. The monoisotopic (exact) mass is 756 g/mol. The molecular weight excluding hydrogens is 713 g/mol. The number of hydrogen-bond donors (Lipinski definition) is 5. The molecule has 10 nitrogen and oxygen atoms in total. The molecule has 8 rings (SSSR count). The summed E-state index contributed by atoms with van der Waals surface area (Å²) >= 11 is 0. The average Bonchev–Trinajstić information content (AvgIpc) is 3.18. The molecule has 3 fully saturated rings. The van der Waals surface area contributed by atoms with Gasteiger partial charge in [-0.2, -0.15) is 13.2 Å². The number of aliphatic hydroxyl groups excluding tert-OH is 1. The van der Waals surface area contributed by atoms with Crippen molar-refractivity contribution in [2.75, 3.05) is 32.7 Å². The first-order chi connectivity index (χ1) is 26.5. The zero-order valence-corrected chi connectivity index (χ0v) is 30.0. The topological polar surface area (TPSA) is 138 Å². The van der Waals surface area contributed by atoms with E-state index in [4.69, 9.17) is 4.74 Å². The predicted octanol–water partition coefficient (Wildman–Crippen LogP) is 6.86. The molecular formula is C42H43F3N4O6. The Morgan fingerprint density at radius 1 is 0.964 bits per heavy atom. The van der Waals surface area contributed by atoms with Crippen molar-refractivity contribution in [3.05, 3.63) is 141 Å². The van der Waals surface area contributed by atoms with Gasteiger partial charge < -0.3 is 35.3 Å². The van der Waals surface area contributed by atoms with Gasteiger partial charge in [0.15, 0.2) is 0 Å². The highest BCUT2D eigenvalue weighted by Gasteiger charge is 2.43. The third-order valence-corrected chi connectivity index (χ3v) is 10.8. The van der Waals surface area contributed by atoms with Crippen LogP contribution in [-0.2, 0) is 19.2 Å². The largest absolute Gasteiger partial charge is 0.506 e. The van der Waals surface area contributed by atoms with Gasteiger partial charge in [-0.1, -0.05) is 60.7 Å². The smallest absolute Gasteiger partial charge is 0.416 e. The summed E-state index contributed by atoms with van der Waals surface area (Å²) < 4.78 is 49.0. The first kappa shape index (κ1) is 37.9. The molecule has 4 aromatic carbocycles. The fourth-order valence-corrected chi connectivity index (χ4v) is 8.10. The van der Waals surface area contributed by atoms with Gasteiger partial charge in [0.05, 0.1) is 29.3 Å². The van der Waals surface area contributed by atoms with Gasteiger partial charge >= 0.3 is 12.3 Å². The number of benzene rings is 4. The van der Waals surface area contributed by atoms with Crippen LogP contribution < -0.4 is 15.6 Å². The van der Waals surface area contributed by atoms with E-state index in [2.05, 4.69) is 15.2 Å². The van der Waals surface area contributed by atoms with Crippen molar-refractivity contribution in [3.63, 3.8) is 0 Å². The summed E-state index contributed by atoms with van der Waals surface area (Å²) in [6.07, 6.45) is -4.75. The number of phenols is 1. The first-order valence-corrected chi connectivity index (χ1v) is 18.4. The number of halogens is 3. The van der Waals surface area contributed by atoms with E-state index in [0.717, 1.165) is 37.6 Å². The molecule has 55 heavy (non-hydrogen) atoms.